The zero-order valence-corrected chi connectivity index (χ0v) is 24.1. The lowest BCUT2D eigenvalue weighted by Gasteiger charge is -2.19. The Bertz CT molecular complexity index is 955. The predicted octanol–water partition coefficient (Wildman–Crippen LogP) is 2.68. The fourth-order valence-electron chi connectivity index (χ4n) is 5.06. The van der Waals surface area contributed by atoms with E-state index in [1.165, 1.54) is 0 Å². The standard InChI is InChI=1S/C14H21NO4.C8H13NO2.C6H10O3.CH3F.CH4/c1-3-10-8-14(10,13(18)19-4-2)15-12(17)9-5-6-11(16)7-9;1-3-6-5-8(6,9)7(10)11-4-2;7-5-2-1-4(3-5)6(8)9;1-2;/h3,9-11,16H,1,4-8H2,2H3,(H,15,17);3,6H,1,4-5,9H2,2H3;4-5,7H,1-3H2,(H,8,9);1H3;1H4/t9-,10-,11-,14-;6?,8-;4-,5-;;/m010../s1/i;;;1D;. The number of aliphatic hydroxyl groups excluding tert-OH is 2. The number of esters is 2. The average molecular weight is 604 g/mol. The Morgan fingerprint density at radius 2 is 1.43 bits per heavy atom. The van der Waals surface area contributed by atoms with Gasteiger partial charge in [-0.15, -0.1) is 13.2 Å². The summed E-state index contributed by atoms with van der Waals surface area (Å²) in [5.74, 6) is -2.05. The predicted molar refractivity (Wildman–Crippen MR) is 156 cm³/mol. The molecule has 0 spiro atoms. The quantitative estimate of drug-likeness (QED) is 0.194. The van der Waals surface area contributed by atoms with Gasteiger partial charge in [0.15, 0.2) is 0 Å². The van der Waals surface area contributed by atoms with Gasteiger partial charge >= 0.3 is 17.9 Å². The molecule has 6 N–H and O–H groups in total. The molecule has 4 fully saturated rings. The first-order chi connectivity index (χ1) is 19.8. The number of hydrogen-bond donors (Lipinski definition) is 5. The van der Waals surface area contributed by atoms with E-state index in [-0.39, 0.29) is 55.0 Å². The second kappa shape index (κ2) is 18.0. The summed E-state index contributed by atoms with van der Waals surface area (Å²) in [6.45, 7) is 11.4. The van der Waals surface area contributed by atoms with Crippen LogP contribution in [-0.2, 0) is 28.7 Å². The van der Waals surface area contributed by atoms with Crippen molar-refractivity contribution in [2.75, 3.05) is 20.4 Å². The molecule has 0 heterocycles. The molecule has 0 radical (unpaired) electrons. The van der Waals surface area contributed by atoms with Gasteiger partial charge in [-0.05, 0) is 65.2 Å². The smallest absolute Gasteiger partial charge is 0.332 e. The number of hydrogen-bond acceptors (Lipinski definition) is 9. The lowest BCUT2D eigenvalue weighted by Crippen LogP contribution is -2.47. The highest BCUT2D eigenvalue weighted by Crippen LogP contribution is 2.46. The molecule has 11 nitrogen and oxygen atoms in total. The summed E-state index contributed by atoms with van der Waals surface area (Å²) in [6.07, 6.45) is 7.37. The van der Waals surface area contributed by atoms with E-state index in [9.17, 15) is 28.7 Å². The van der Waals surface area contributed by atoms with E-state index in [1.54, 1.807) is 26.0 Å². The highest BCUT2D eigenvalue weighted by atomic mass is 19.1. The van der Waals surface area contributed by atoms with E-state index in [0.717, 1.165) is 0 Å². The molecule has 4 saturated carbocycles. The van der Waals surface area contributed by atoms with Crippen LogP contribution in [-0.4, -0.2) is 82.8 Å². The van der Waals surface area contributed by atoms with Crippen LogP contribution in [0.4, 0.5) is 4.39 Å². The van der Waals surface area contributed by atoms with Crippen molar-refractivity contribution in [2.24, 2.45) is 29.4 Å². The minimum atomic E-state index is -1.00. The second-order valence-electron chi connectivity index (χ2n) is 10.7. The van der Waals surface area contributed by atoms with Gasteiger partial charge in [-0.3, -0.25) is 18.8 Å². The lowest BCUT2D eigenvalue weighted by atomic mass is 10.1. The summed E-state index contributed by atoms with van der Waals surface area (Å²) in [7, 11) is -1.00. The van der Waals surface area contributed by atoms with Crippen LogP contribution in [0.1, 0.15) is 74.0 Å². The largest absolute Gasteiger partial charge is 0.481 e. The van der Waals surface area contributed by atoms with Gasteiger partial charge in [-0.1, -0.05) is 19.6 Å². The first kappa shape index (κ1) is 37.2. The minimum absolute atomic E-state index is 0. The number of alkyl halides is 1. The van der Waals surface area contributed by atoms with Crippen molar-refractivity contribution in [3.05, 3.63) is 25.3 Å². The van der Waals surface area contributed by atoms with Gasteiger partial charge in [-0.25, -0.2) is 4.79 Å². The number of ether oxygens (including phenoxy) is 2. The van der Waals surface area contributed by atoms with E-state index >= 15 is 0 Å². The molecule has 4 rings (SSSR count). The van der Waals surface area contributed by atoms with Crippen LogP contribution in [0.15, 0.2) is 25.3 Å². The maximum Gasteiger partial charge on any atom is 0.332 e. The van der Waals surface area contributed by atoms with Crippen molar-refractivity contribution in [1.29, 1.82) is 0 Å². The molecule has 4 aliphatic rings. The molecule has 0 aromatic carbocycles. The number of aliphatic hydroxyl groups is 2. The third kappa shape index (κ3) is 10.5. The van der Waals surface area contributed by atoms with Gasteiger partial charge in [0.2, 0.25) is 5.91 Å². The topological polar surface area (TPSA) is 185 Å². The Balaban J connectivity index is 0.000000627. The van der Waals surface area contributed by atoms with Crippen molar-refractivity contribution >= 4 is 23.8 Å². The van der Waals surface area contributed by atoms with Crippen LogP contribution >= 0.6 is 0 Å². The Kier molecular flexibility index (Phi) is 15.9. The van der Waals surface area contributed by atoms with Crippen LogP contribution in [0.5, 0.6) is 0 Å². The lowest BCUT2D eigenvalue weighted by molar-refractivity contribution is -0.149. The van der Waals surface area contributed by atoms with Gasteiger partial charge in [0.25, 0.3) is 0 Å². The molecule has 0 bridgehead atoms. The number of carbonyl (C=O) groups excluding carboxylic acids is 3. The third-order valence-corrected chi connectivity index (χ3v) is 7.81. The monoisotopic (exact) mass is 603 g/mol. The second-order valence-corrected chi connectivity index (χ2v) is 10.7. The highest BCUT2D eigenvalue weighted by Gasteiger charge is 2.61. The number of carbonyl (C=O) groups is 4. The van der Waals surface area contributed by atoms with Gasteiger partial charge in [0.1, 0.15) is 11.1 Å². The zero-order valence-electron chi connectivity index (χ0n) is 25.1. The highest BCUT2D eigenvalue weighted by molar-refractivity contribution is 5.92. The molecule has 0 saturated heterocycles. The van der Waals surface area contributed by atoms with Crippen LogP contribution in [0.3, 0.4) is 0 Å². The normalized spacial score (nSPS) is 33.5. The molecule has 8 atom stereocenters. The number of amides is 1. The molecule has 0 aromatic heterocycles. The van der Waals surface area contributed by atoms with Crippen molar-refractivity contribution in [1.82, 2.24) is 5.32 Å². The van der Waals surface area contributed by atoms with E-state index < -0.39 is 30.3 Å². The molecule has 1 amide bonds. The van der Waals surface area contributed by atoms with Crippen molar-refractivity contribution in [2.45, 2.75) is 95.9 Å². The van der Waals surface area contributed by atoms with Gasteiger partial charge in [0, 0.05) is 17.8 Å². The van der Waals surface area contributed by atoms with Crippen LogP contribution in [0.25, 0.3) is 0 Å². The van der Waals surface area contributed by atoms with E-state index in [2.05, 4.69) is 18.5 Å². The fourth-order valence-corrected chi connectivity index (χ4v) is 5.06. The van der Waals surface area contributed by atoms with Crippen LogP contribution in [0, 0.1) is 23.7 Å². The van der Waals surface area contributed by atoms with E-state index in [0.29, 0.717) is 64.6 Å². The summed E-state index contributed by atoms with van der Waals surface area (Å²) in [5, 5.41) is 29.6. The number of nitrogens with two attached hydrogens (primary N) is 1. The minimum Gasteiger partial charge on any atom is -0.481 e. The van der Waals surface area contributed by atoms with Gasteiger partial charge < -0.3 is 35.8 Å². The molecular formula is C30H51FN2O9. The third-order valence-electron chi connectivity index (χ3n) is 7.81. The summed E-state index contributed by atoms with van der Waals surface area (Å²) in [6, 6.07) is 0. The molecular weight excluding hydrogens is 551 g/mol. The zero-order chi connectivity index (χ0) is 32.1. The number of carboxylic acid groups (broad SMARTS) is 1. The SMILES string of the molecule is C.C=CC1C[C@]1(N)C(=O)OCC.C=C[C@H]1C[C@@]1(NC(=O)[C@H]1CC[C@H](O)C1)C(=O)OCC.O=C(O)[C@H]1CC[C@H](O)C1.[2H]CF. The van der Waals surface area contributed by atoms with Crippen LogP contribution < -0.4 is 11.1 Å². The molecule has 42 heavy (non-hydrogen) atoms. The first-order valence-electron chi connectivity index (χ1n) is 14.6. The summed E-state index contributed by atoms with van der Waals surface area (Å²) in [4.78, 5) is 45.5. The Hall–Kier alpha value is -2.83. The molecule has 4 aliphatic carbocycles. The number of rotatable bonds is 9. The molecule has 0 aliphatic heterocycles. The van der Waals surface area contributed by atoms with Crippen LogP contribution in [0.2, 0.25) is 0 Å². The number of nitrogens with one attached hydrogen (secondary N) is 1. The van der Waals surface area contributed by atoms with E-state index in [1.807, 2.05) is 0 Å². The summed E-state index contributed by atoms with van der Waals surface area (Å²) < 4.78 is 25.3. The number of aliphatic carboxylic acids is 1. The van der Waals surface area contributed by atoms with Crippen molar-refractivity contribution in [3.8, 4) is 0 Å². The molecule has 0 aromatic rings. The average Bonchev–Trinajstić information content (AvgIpc) is 3.68. The van der Waals surface area contributed by atoms with Crippen molar-refractivity contribution in [3.63, 3.8) is 0 Å². The van der Waals surface area contributed by atoms with Crippen molar-refractivity contribution < 1.29 is 49.7 Å². The Labute approximate surface area is 250 Å². The molecule has 242 valence electrons. The molecule has 1 unspecified atom stereocenters. The molecule has 12 heteroatoms. The Morgan fingerprint density at radius 1 is 0.952 bits per heavy atom. The number of carboxylic acids is 1. The first-order valence-corrected chi connectivity index (χ1v) is 13.9. The maximum absolute atomic E-state index is 12.2. The maximum atomic E-state index is 12.2. The summed E-state index contributed by atoms with van der Waals surface area (Å²) >= 11 is 0. The van der Waals surface area contributed by atoms with E-state index in [4.69, 9.17) is 26.8 Å². The fraction of sp³-hybridized carbons (Fsp3) is 0.733. The summed E-state index contributed by atoms with van der Waals surface area (Å²) in [5.41, 5.74) is 4.02. The Morgan fingerprint density at radius 3 is 1.76 bits per heavy atom. The van der Waals surface area contributed by atoms with Gasteiger partial charge in [0.05, 0.1) is 39.9 Å². The number of halogens is 1. The van der Waals surface area contributed by atoms with Gasteiger partial charge in [-0.2, -0.15) is 0 Å².